The molecule has 0 amide bonds. The van der Waals surface area contributed by atoms with E-state index < -0.39 is 0 Å². The molecule has 3 nitrogen and oxygen atoms in total. The number of anilines is 1. The SMILES string of the molecule is NCc1ccc(N(Cc2ccccc2)Cc2ccccc2)cn1. The lowest BCUT2D eigenvalue weighted by molar-refractivity contribution is 0.795. The molecule has 0 aliphatic heterocycles. The monoisotopic (exact) mass is 303 g/mol. The van der Waals surface area contributed by atoms with Crippen molar-refractivity contribution in [1.29, 1.82) is 0 Å². The summed E-state index contributed by atoms with van der Waals surface area (Å²) >= 11 is 0. The summed E-state index contributed by atoms with van der Waals surface area (Å²) in [6, 6.07) is 25.1. The predicted molar refractivity (Wildman–Crippen MR) is 94.9 cm³/mol. The number of nitrogens with zero attached hydrogens (tertiary/aromatic N) is 2. The van der Waals surface area contributed by atoms with Crippen LogP contribution in [0.5, 0.6) is 0 Å². The van der Waals surface area contributed by atoms with Crippen LogP contribution in [0.4, 0.5) is 5.69 Å². The van der Waals surface area contributed by atoms with Crippen molar-refractivity contribution in [2.24, 2.45) is 5.73 Å². The molecular weight excluding hydrogens is 282 g/mol. The van der Waals surface area contributed by atoms with Crippen molar-refractivity contribution in [1.82, 2.24) is 4.98 Å². The van der Waals surface area contributed by atoms with Crippen LogP contribution in [0.15, 0.2) is 79.0 Å². The van der Waals surface area contributed by atoms with E-state index in [2.05, 4.69) is 64.5 Å². The van der Waals surface area contributed by atoms with Crippen LogP contribution in [0, 0.1) is 0 Å². The summed E-state index contributed by atoms with van der Waals surface area (Å²) < 4.78 is 0. The molecule has 0 saturated carbocycles. The standard InChI is InChI=1S/C20H21N3/c21-13-19-11-12-20(14-22-19)23(15-17-7-3-1-4-8-17)16-18-9-5-2-6-10-18/h1-12,14H,13,15-16,21H2. The molecule has 2 aromatic carbocycles. The molecule has 1 heterocycles. The number of aromatic nitrogens is 1. The van der Waals surface area contributed by atoms with Crippen LogP contribution in [-0.2, 0) is 19.6 Å². The quantitative estimate of drug-likeness (QED) is 0.754. The van der Waals surface area contributed by atoms with Gasteiger partial charge < -0.3 is 10.6 Å². The smallest absolute Gasteiger partial charge is 0.0559 e. The highest BCUT2D eigenvalue weighted by Crippen LogP contribution is 2.19. The Balaban J connectivity index is 1.85. The molecule has 0 fully saturated rings. The molecule has 23 heavy (non-hydrogen) atoms. The van der Waals surface area contributed by atoms with Crippen molar-refractivity contribution in [3.05, 3.63) is 95.8 Å². The Labute approximate surface area is 137 Å². The summed E-state index contributed by atoms with van der Waals surface area (Å²) in [5, 5.41) is 0. The second kappa shape index (κ2) is 7.56. The van der Waals surface area contributed by atoms with Gasteiger partial charge in [0, 0.05) is 19.6 Å². The molecular formula is C20H21N3. The van der Waals surface area contributed by atoms with Crippen molar-refractivity contribution >= 4 is 5.69 Å². The molecule has 0 aliphatic carbocycles. The second-order valence-corrected chi connectivity index (χ2v) is 5.54. The Morgan fingerprint density at radius 3 is 1.74 bits per heavy atom. The van der Waals surface area contributed by atoms with Crippen LogP contribution in [-0.4, -0.2) is 4.98 Å². The summed E-state index contributed by atoms with van der Waals surface area (Å²) in [7, 11) is 0. The summed E-state index contributed by atoms with van der Waals surface area (Å²) in [6.07, 6.45) is 1.91. The average molecular weight is 303 g/mol. The third-order valence-corrected chi connectivity index (χ3v) is 3.82. The molecule has 3 rings (SSSR count). The molecule has 0 saturated heterocycles. The summed E-state index contributed by atoms with van der Waals surface area (Å²) in [4.78, 5) is 6.77. The highest BCUT2D eigenvalue weighted by molar-refractivity contribution is 5.46. The molecule has 3 aromatic rings. The Morgan fingerprint density at radius 1 is 0.739 bits per heavy atom. The van der Waals surface area contributed by atoms with Crippen molar-refractivity contribution in [2.75, 3.05) is 4.90 Å². The van der Waals surface area contributed by atoms with E-state index >= 15 is 0 Å². The van der Waals surface area contributed by atoms with Gasteiger partial charge in [-0.3, -0.25) is 4.98 Å². The molecule has 0 atom stereocenters. The number of nitrogens with two attached hydrogens (primary N) is 1. The van der Waals surface area contributed by atoms with Crippen LogP contribution in [0.25, 0.3) is 0 Å². The van der Waals surface area contributed by atoms with Gasteiger partial charge in [0.25, 0.3) is 0 Å². The highest BCUT2D eigenvalue weighted by atomic mass is 15.1. The van der Waals surface area contributed by atoms with Gasteiger partial charge in [-0.25, -0.2) is 0 Å². The summed E-state index contributed by atoms with van der Waals surface area (Å²) in [5.74, 6) is 0. The van der Waals surface area contributed by atoms with Gasteiger partial charge in [0.05, 0.1) is 17.6 Å². The Morgan fingerprint density at radius 2 is 1.30 bits per heavy atom. The lowest BCUT2D eigenvalue weighted by atomic mass is 10.1. The van der Waals surface area contributed by atoms with Crippen LogP contribution in [0.1, 0.15) is 16.8 Å². The van der Waals surface area contributed by atoms with E-state index in [0.717, 1.165) is 24.5 Å². The third-order valence-electron chi connectivity index (χ3n) is 3.82. The Hall–Kier alpha value is -2.65. The van der Waals surface area contributed by atoms with Gasteiger partial charge in [-0.2, -0.15) is 0 Å². The average Bonchev–Trinajstić information content (AvgIpc) is 2.63. The largest absolute Gasteiger partial charge is 0.362 e. The zero-order valence-electron chi connectivity index (χ0n) is 13.1. The zero-order valence-corrected chi connectivity index (χ0v) is 13.1. The lowest BCUT2D eigenvalue weighted by Gasteiger charge is -2.25. The van der Waals surface area contributed by atoms with E-state index in [1.165, 1.54) is 11.1 Å². The van der Waals surface area contributed by atoms with Crippen molar-refractivity contribution in [2.45, 2.75) is 19.6 Å². The maximum atomic E-state index is 5.65. The second-order valence-electron chi connectivity index (χ2n) is 5.54. The molecule has 2 N–H and O–H groups in total. The van der Waals surface area contributed by atoms with Gasteiger partial charge in [-0.15, -0.1) is 0 Å². The van der Waals surface area contributed by atoms with Crippen molar-refractivity contribution < 1.29 is 0 Å². The summed E-state index contributed by atoms with van der Waals surface area (Å²) in [6.45, 7) is 2.16. The van der Waals surface area contributed by atoms with Gasteiger partial charge in [-0.05, 0) is 23.3 Å². The van der Waals surface area contributed by atoms with Crippen LogP contribution >= 0.6 is 0 Å². The van der Waals surface area contributed by atoms with Gasteiger partial charge in [0.1, 0.15) is 0 Å². The first kappa shape index (κ1) is 15.3. The van der Waals surface area contributed by atoms with Gasteiger partial charge >= 0.3 is 0 Å². The highest BCUT2D eigenvalue weighted by Gasteiger charge is 2.09. The first-order valence-electron chi connectivity index (χ1n) is 7.83. The van der Waals surface area contributed by atoms with E-state index in [-0.39, 0.29) is 0 Å². The maximum Gasteiger partial charge on any atom is 0.0559 e. The number of hydrogen-bond acceptors (Lipinski definition) is 3. The molecule has 116 valence electrons. The van der Waals surface area contributed by atoms with Crippen LogP contribution < -0.4 is 10.6 Å². The molecule has 0 spiro atoms. The normalized spacial score (nSPS) is 10.5. The Bertz CT molecular complexity index is 667. The molecule has 0 unspecified atom stereocenters. The fraction of sp³-hybridized carbons (Fsp3) is 0.150. The number of rotatable bonds is 6. The molecule has 0 radical (unpaired) electrons. The minimum atomic E-state index is 0.470. The van der Waals surface area contributed by atoms with E-state index in [9.17, 15) is 0 Å². The zero-order chi connectivity index (χ0) is 15.9. The molecule has 0 aliphatic rings. The van der Waals surface area contributed by atoms with E-state index in [1.807, 2.05) is 24.4 Å². The fourth-order valence-electron chi connectivity index (χ4n) is 2.57. The van der Waals surface area contributed by atoms with E-state index in [4.69, 9.17) is 5.73 Å². The Kier molecular flexibility index (Phi) is 5.02. The topological polar surface area (TPSA) is 42.1 Å². The third kappa shape index (κ3) is 4.18. The minimum absolute atomic E-state index is 0.470. The first-order chi connectivity index (χ1) is 11.3. The molecule has 0 bridgehead atoms. The maximum absolute atomic E-state index is 5.65. The first-order valence-corrected chi connectivity index (χ1v) is 7.83. The van der Waals surface area contributed by atoms with Crippen molar-refractivity contribution in [3.63, 3.8) is 0 Å². The molecule has 1 aromatic heterocycles. The van der Waals surface area contributed by atoms with Crippen LogP contribution in [0.2, 0.25) is 0 Å². The van der Waals surface area contributed by atoms with Gasteiger partial charge in [-0.1, -0.05) is 60.7 Å². The molecule has 3 heteroatoms. The van der Waals surface area contributed by atoms with Crippen molar-refractivity contribution in [3.8, 4) is 0 Å². The fourth-order valence-corrected chi connectivity index (χ4v) is 2.57. The van der Waals surface area contributed by atoms with Crippen LogP contribution in [0.3, 0.4) is 0 Å². The van der Waals surface area contributed by atoms with E-state index in [0.29, 0.717) is 6.54 Å². The van der Waals surface area contributed by atoms with Gasteiger partial charge in [0.2, 0.25) is 0 Å². The number of benzene rings is 2. The summed E-state index contributed by atoms with van der Waals surface area (Å²) in [5.41, 5.74) is 10.2. The number of hydrogen-bond donors (Lipinski definition) is 1. The van der Waals surface area contributed by atoms with Gasteiger partial charge in [0.15, 0.2) is 0 Å². The number of pyridine rings is 1. The predicted octanol–water partition coefficient (Wildman–Crippen LogP) is 3.75. The van der Waals surface area contributed by atoms with E-state index in [1.54, 1.807) is 0 Å². The minimum Gasteiger partial charge on any atom is -0.362 e. The lowest BCUT2D eigenvalue weighted by Crippen LogP contribution is -2.22.